The minimum atomic E-state index is -0.963. The zero-order valence-corrected chi connectivity index (χ0v) is 14.4. The highest BCUT2D eigenvalue weighted by Gasteiger charge is 2.20. The summed E-state index contributed by atoms with van der Waals surface area (Å²) in [6, 6.07) is 0. The van der Waals surface area contributed by atoms with E-state index in [9.17, 15) is 9.90 Å². The second-order valence-corrected chi connectivity index (χ2v) is 5.77. The molecule has 0 saturated heterocycles. The molecule has 2 aromatic heterocycles. The molecule has 0 saturated carbocycles. The molecule has 0 radical (unpaired) electrons. The van der Waals surface area contributed by atoms with Crippen LogP contribution < -0.4 is 0 Å². The molecule has 2 aromatic rings. The molecular formula is C16H25N5O3. The summed E-state index contributed by atoms with van der Waals surface area (Å²) in [7, 11) is 1.57. The third kappa shape index (κ3) is 4.08. The minimum Gasteiger partial charge on any atom is -0.394 e. The van der Waals surface area contributed by atoms with Crippen LogP contribution in [0, 0.1) is 0 Å². The molecule has 8 nitrogen and oxygen atoms in total. The summed E-state index contributed by atoms with van der Waals surface area (Å²) in [6.07, 6.45) is 4.15. The van der Waals surface area contributed by atoms with E-state index in [2.05, 4.69) is 28.8 Å². The molecule has 1 amide bonds. The third-order valence-electron chi connectivity index (χ3n) is 3.98. The maximum Gasteiger partial charge on any atom is 0.259 e. The Morgan fingerprint density at radius 3 is 2.67 bits per heavy atom. The van der Waals surface area contributed by atoms with Gasteiger partial charge in [0.05, 0.1) is 18.9 Å². The number of carbonyl (C=O) groups is 1. The van der Waals surface area contributed by atoms with Crippen LogP contribution in [0.25, 0.3) is 5.65 Å². The summed E-state index contributed by atoms with van der Waals surface area (Å²) >= 11 is 0. The Bertz CT molecular complexity index is 683. The fourth-order valence-corrected chi connectivity index (χ4v) is 2.51. The number of aliphatic hydroxyl groups is 2. The molecule has 2 heterocycles. The van der Waals surface area contributed by atoms with E-state index in [-0.39, 0.29) is 19.1 Å². The van der Waals surface area contributed by atoms with Crippen LogP contribution >= 0.6 is 0 Å². The van der Waals surface area contributed by atoms with Crippen molar-refractivity contribution >= 4 is 11.6 Å². The van der Waals surface area contributed by atoms with Gasteiger partial charge in [-0.15, -0.1) is 0 Å². The normalized spacial score (nSPS) is 12.8. The maximum atomic E-state index is 12.5. The number of fused-ring (bicyclic) bond motifs is 1. The van der Waals surface area contributed by atoms with Gasteiger partial charge in [0.2, 0.25) is 0 Å². The Hall–Kier alpha value is -2.03. The fraction of sp³-hybridized carbons (Fsp3) is 0.562. The Balaban J connectivity index is 2.20. The van der Waals surface area contributed by atoms with Gasteiger partial charge in [0.15, 0.2) is 5.65 Å². The minimum absolute atomic E-state index is 0.0483. The highest BCUT2D eigenvalue weighted by Crippen LogP contribution is 2.12. The van der Waals surface area contributed by atoms with Crippen LogP contribution in [0.15, 0.2) is 18.6 Å². The van der Waals surface area contributed by atoms with E-state index in [1.807, 2.05) is 6.20 Å². The Labute approximate surface area is 141 Å². The van der Waals surface area contributed by atoms with Gasteiger partial charge in [-0.25, -0.2) is 9.50 Å². The lowest BCUT2D eigenvalue weighted by molar-refractivity contribution is 0.0521. The smallest absolute Gasteiger partial charge is 0.259 e. The van der Waals surface area contributed by atoms with Gasteiger partial charge < -0.3 is 15.1 Å². The van der Waals surface area contributed by atoms with Crippen LogP contribution in [-0.4, -0.2) is 79.9 Å². The van der Waals surface area contributed by atoms with E-state index in [4.69, 9.17) is 5.11 Å². The molecular weight excluding hydrogens is 310 g/mol. The van der Waals surface area contributed by atoms with Crippen molar-refractivity contribution in [3.8, 4) is 0 Å². The lowest BCUT2D eigenvalue weighted by Crippen LogP contribution is -2.35. The second kappa shape index (κ2) is 8.18. The van der Waals surface area contributed by atoms with Crippen LogP contribution in [0.5, 0.6) is 0 Å². The van der Waals surface area contributed by atoms with Gasteiger partial charge in [0, 0.05) is 38.1 Å². The molecule has 2 rings (SSSR count). The topological polar surface area (TPSA) is 94.2 Å². The van der Waals surface area contributed by atoms with E-state index in [0.29, 0.717) is 11.2 Å². The average Bonchev–Trinajstić information content (AvgIpc) is 3.01. The van der Waals surface area contributed by atoms with Crippen LogP contribution in [0.3, 0.4) is 0 Å². The standard InChI is InChI=1S/C16H25N5O3/c1-4-20(5-2)8-12-6-17-15-14(7-18-21(15)9-12)16(24)19(3)10-13(23)11-22/h6-7,9,13,22-23H,4-5,8,10-11H2,1-3H3/t13-/m0/s1. The lowest BCUT2D eigenvalue weighted by atomic mass is 10.2. The van der Waals surface area contributed by atoms with Crippen LogP contribution in [0.4, 0.5) is 0 Å². The van der Waals surface area contributed by atoms with Gasteiger partial charge in [0.1, 0.15) is 5.56 Å². The van der Waals surface area contributed by atoms with E-state index < -0.39 is 6.10 Å². The SMILES string of the molecule is CCN(CC)Cc1cnc2c(C(=O)N(C)C[C@H](O)CO)cnn2c1. The number of rotatable bonds is 8. The molecule has 2 N–H and O–H groups in total. The van der Waals surface area contributed by atoms with Crippen LogP contribution in [0.2, 0.25) is 0 Å². The summed E-state index contributed by atoms with van der Waals surface area (Å²) in [6.45, 7) is 6.56. The van der Waals surface area contributed by atoms with Crippen LogP contribution in [-0.2, 0) is 6.54 Å². The van der Waals surface area contributed by atoms with E-state index >= 15 is 0 Å². The van der Waals surface area contributed by atoms with Crippen molar-refractivity contribution in [2.45, 2.75) is 26.5 Å². The molecule has 0 fully saturated rings. The predicted octanol–water partition coefficient (Wildman–Crippen LogP) is -0.00370. The Morgan fingerprint density at radius 2 is 2.04 bits per heavy atom. The van der Waals surface area contributed by atoms with Crippen molar-refractivity contribution in [3.05, 3.63) is 29.7 Å². The number of hydrogen-bond donors (Lipinski definition) is 2. The first-order valence-electron chi connectivity index (χ1n) is 8.09. The molecule has 0 unspecified atom stereocenters. The van der Waals surface area contributed by atoms with Gasteiger partial charge >= 0.3 is 0 Å². The number of hydrogen-bond acceptors (Lipinski definition) is 6. The zero-order valence-electron chi connectivity index (χ0n) is 14.4. The number of aliphatic hydroxyl groups excluding tert-OH is 2. The van der Waals surface area contributed by atoms with E-state index in [1.54, 1.807) is 17.8 Å². The monoisotopic (exact) mass is 335 g/mol. The van der Waals surface area contributed by atoms with Crippen LogP contribution in [0.1, 0.15) is 29.8 Å². The largest absolute Gasteiger partial charge is 0.394 e. The Kier molecular flexibility index (Phi) is 6.24. The third-order valence-corrected chi connectivity index (χ3v) is 3.98. The van der Waals surface area contributed by atoms with Crippen molar-refractivity contribution in [3.63, 3.8) is 0 Å². The summed E-state index contributed by atoms with van der Waals surface area (Å²) in [4.78, 5) is 20.5. The van der Waals surface area contributed by atoms with Crippen molar-refractivity contribution < 1.29 is 15.0 Å². The first-order valence-corrected chi connectivity index (χ1v) is 8.09. The maximum absolute atomic E-state index is 12.5. The van der Waals surface area contributed by atoms with E-state index in [1.165, 1.54) is 11.1 Å². The number of nitrogens with zero attached hydrogens (tertiary/aromatic N) is 5. The molecule has 0 aliphatic carbocycles. The number of likely N-dealkylation sites (N-methyl/N-ethyl adjacent to an activating group) is 1. The summed E-state index contributed by atoms with van der Waals surface area (Å²) in [5, 5.41) is 22.6. The molecule has 0 aliphatic heterocycles. The molecule has 0 aromatic carbocycles. The van der Waals surface area contributed by atoms with E-state index in [0.717, 1.165) is 25.2 Å². The van der Waals surface area contributed by atoms with Gasteiger partial charge in [-0.3, -0.25) is 9.69 Å². The molecule has 132 valence electrons. The summed E-state index contributed by atoms with van der Waals surface area (Å²) < 4.78 is 1.60. The Morgan fingerprint density at radius 1 is 1.33 bits per heavy atom. The highest BCUT2D eigenvalue weighted by atomic mass is 16.3. The quantitative estimate of drug-likeness (QED) is 0.705. The first kappa shape index (κ1) is 18.3. The van der Waals surface area contributed by atoms with Crippen molar-refractivity contribution in [1.29, 1.82) is 0 Å². The lowest BCUT2D eigenvalue weighted by Gasteiger charge is -2.19. The molecule has 24 heavy (non-hydrogen) atoms. The predicted molar refractivity (Wildman–Crippen MR) is 89.7 cm³/mol. The highest BCUT2D eigenvalue weighted by molar-refractivity contribution is 5.99. The summed E-state index contributed by atoms with van der Waals surface area (Å²) in [5.74, 6) is -0.290. The molecule has 0 spiro atoms. The average molecular weight is 335 g/mol. The molecule has 0 aliphatic rings. The van der Waals surface area contributed by atoms with Crippen molar-refractivity contribution in [2.24, 2.45) is 0 Å². The number of amides is 1. The summed E-state index contributed by atoms with van der Waals surface area (Å²) in [5.41, 5.74) is 1.88. The van der Waals surface area contributed by atoms with Crippen molar-refractivity contribution in [2.75, 3.05) is 33.3 Å². The number of aromatic nitrogens is 3. The molecule has 1 atom stereocenters. The molecule has 0 bridgehead atoms. The fourth-order valence-electron chi connectivity index (χ4n) is 2.51. The first-order chi connectivity index (χ1) is 11.5. The van der Waals surface area contributed by atoms with Gasteiger partial charge in [-0.2, -0.15) is 5.10 Å². The zero-order chi connectivity index (χ0) is 17.7. The second-order valence-electron chi connectivity index (χ2n) is 5.77. The molecule has 8 heteroatoms. The number of carbonyl (C=O) groups excluding carboxylic acids is 1. The van der Waals surface area contributed by atoms with Gasteiger partial charge in [-0.05, 0) is 13.1 Å². The van der Waals surface area contributed by atoms with Gasteiger partial charge in [0.25, 0.3) is 5.91 Å². The van der Waals surface area contributed by atoms with Crippen molar-refractivity contribution in [1.82, 2.24) is 24.4 Å². The van der Waals surface area contributed by atoms with Gasteiger partial charge in [-0.1, -0.05) is 13.8 Å².